The summed E-state index contributed by atoms with van der Waals surface area (Å²) >= 11 is 0. The molecule has 0 aliphatic carbocycles. The molecule has 1 amide bonds. The third-order valence-electron chi connectivity index (χ3n) is 5.25. The van der Waals surface area contributed by atoms with Crippen LogP contribution >= 0.6 is 0 Å². The number of nitrogens with zero attached hydrogens (tertiary/aromatic N) is 4. The first-order chi connectivity index (χ1) is 13.6. The second-order valence-corrected chi connectivity index (χ2v) is 8.76. The van der Waals surface area contributed by atoms with Crippen LogP contribution in [-0.4, -0.2) is 53.1 Å². The van der Waals surface area contributed by atoms with E-state index in [1.165, 1.54) is 5.56 Å². The molecule has 0 bridgehead atoms. The van der Waals surface area contributed by atoms with E-state index in [1.807, 2.05) is 43.9 Å². The fraction of sp³-hybridized carbons (Fsp3) is 0.522. The summed E-state index contributed by atoms with van der Waals surface area (Å²) in [7, 11) is 0. The molecule has 1 aromatic carbocycles. The van der Waals surface area contributed by atoms with Gasteiger partial charge in [0.25, 0.3) is 5.91 Å². The number of aryl methyl sites for hydroxylation is 2. The van der Waals surface area contributed by atoms with Gasteiger partial charge < -0.3 is 14.5 Å². The van der Waals surface area contributed by atoms with Gasteiger partial charge in [-0.2, -0.15) is 0 Å². The maximum Gasteiger partial charge on any atom is 0.263 e. The minimum absolute atomic E-state index is 0.0274. The fourth-order valence-corrected chi connectivity index (χ4v) is 3.56. The Morgan fingerprint density at radius 3 is 2.21 bits per heavy atom. The van der Waals surface area contributed by atoms with Gasteiger partial charge in [0.05, 0.1) is 0 Å². The van der Waals surface area contributed by atoms with E-state index < -0.39 is 6.10 Å². The molecule has 0 spiro atoms. The lowest BCUT2D eigenvalue weighted by Gasteiger charge is -2.36. The number of hydrogen-bond donors (Lipinski definition) is 0. The van der Waals surface area contributed by atoms with Crippen LogP contribution in [0, 0.1) is 13.8 Å². The Bertz CT molecular complexity index is 830. The van der Waals surface area contributed by atoms with Crippen LogP contribution in [0.15, 0.2) is 30.3 Å². The van der Waals surface area contributed by atoms with Crippen molar-refractivity contribution in [2.24, 2.45) is 0 Å². The van der Waals surface area contributed by atoms with Crippen molar-refractivity contribution in [3.05, 3.63) is 47.4 Å². The van der Waals surface area contributed by atoms with Crippen LogP contribution in [0.1, 0.15) is 44.8 Å². The highest BCUT2D eigenvalue weighted by Crippen LogP contribution is 2.25. The maximum atomic E-state index is 12.8. The first kappa shape index (κ1) is 21.1. The number of benzene rings is 1. The zero-order valence-electron chi connectivity index (χ0n) is 18.4. The van der Waals surface area contributed by atoms with Gasteiger partial charge in [-0.1, -0.05) is 32.9 Å². The molecular weight excluding hydrogens is 364 g/mol. The lowest BCUT2D eigenvalue weighted by molar-refractivity contribution is -0.138. The van der Waals surface area contributed by atoms with E-state index in [0.717, 1.165) is 36.2 Å². The third kappa shape index (κ3) is 5.25. The topological polar surface area (TPSA) is 58.6 Å². The molecule has 6 nitrogen and oxygen atoms in total. The van der Waals surface area contributed by atoms with Crippen molar-refractivity contribution in [3.8, 4) is 5.75 Å². The monoisotopic (exact) mass is 396 g/mol. The Balaban J connectivity index is 1.56. The van der Waals surface area contributed by atoms with E-state index in [2.05, 4.69) is 47.8 Å². The summed E-state index contributed by atoms with van der Waals surface area (Å²) in [5, 5.41) is 0. The summed E-state index contributed by atoms with van der Waals surface area (Å²) in [5.74, 6) is 2.47. The predicted molar refractivity (Wildman–Crippen MR) is 116 cm³/mol. The largest absolute Gasteiger partial charge is 0.481 e. The number of hydrogen-bond acceptors (Lipinski definition) is 5. The standard InChI is InChI=1S/C23H32N4O2/c1-16-15-21(25-18(3)24-16)26-11-13-27(14-12-26)22(28)17(2)29-20-9-7-19(8-10-20)23(4,5)6/h7-10,15,17H,11-14H2,1-6H3. The van der Waals surface area contributed by atoms with E-state index in [4.69, 9.17) is 4.74 Å². The van der Waals surface area contributed by atoms with Gasteiger partial charge in [0.1, 0.15) is 17.4 Å². The molecule has 1 saturated heterocycles. The van der Waals surface area contributed by atoms with Crippen molar-refractivity contribution in [2.75, 3.05) is 31.1 Å². The van der Waals surface area contributed by atoms with Gasteiger partial charge in [-0.15, -0.1) is 0 Å². The predicted octanol–water partition coefficient (Wildman–Crippen LogP) is 3.51. The molecule has 1 atom stereocenters. The van der Waals surface area contributed by atoms with E-state index in [1.54, 1.807) is 0 Å². The van der Waals surface area contributed by atoms with Crippen LogP contribution in [0.5, 0.6) is 5.75 Å². The number of rotatable bonds is 4. The molecule has 3 rings (SSSR count). The summed E-state index contributed by atoms with van der Waals surface area (Å²) in [4.78, 5) is 25.8. The summed E-state index contributed by atoms with van der Waals surface area (Å²) in [6.45, 7) is 15.1. The quantitative estimate of drug-likeness (QED) is 0.792. The average molecular weight is 397 g/mol. The highest BCUT2D eigenvalue weighted by atomic mass is 16.5. The maximum absolute atomic E-state index is 12.8. The molecular formula is C23H32N4O2. The Kier molecular flexibility index (Phi) is 6.10. The number of carbonyl (C=O) groups excluding carboxylic acids is 1. The fourth-order valence-electron chi connectivity index (χ4n) is 3.56. The number of piperazine rings is 1. The molecule has 0 radical (unpaired) electrons. The van der Waals surface area contributed by atoms with Crippen molar-refractivity contribution in [1.82, 2.24) is 14.9 Å². The van der Waals surface area contributed by atoms with Crippen LogP contribution in [0.4, 0.5) is 5.82 Å². The molecule has 1 fully saturated rings. The number of ether oxygens (including phenoxy) is 1. The Morgan fingerprint density at radius 1 is 1.03 bits per heavy atom. The van der Waals surface area contributed by atoms with Gasteiger partial charge in [0.15, 0.2) is 6.10 Å². The smallest absolute Gasteiger partial charge is 0.263 e. The Morgan fingerprint density at radius 2 is 1.66 bits per heavy atom. The summed E-state index contributed by atoms with van der Waals surface area (Å²) in [6.07, 6.45) is -0.509. The van der Waals surface area contributed by atoms with Crippen LogP contribution in [0.2, 0.25) is 0 Å². The van der Waals surface area contributed by atoms with Gasteiger partial charge in [-0.25, -0.2) is 9.97 Å². The van der Waals surface area contributed by atoms with E-state index in [9.17, 15) is 4.79 Å². The number of amides is 1. The van der Waals surface area contributed by atoms with Crippen LogP contribution in [0.3, 0.4) is 0 Å². The first-order valence-corrected chi connectivity index (χ1v) is 10.3. The zero-order valence-corrected chi connectivity index (χ0v) is 18.4. The molecule has 1 aromatic heterocycles. The molecule has 29 heavy (non-hydrogen) atoms. The Labute approximate surface area is 173 Å². The van der Waals surface area contributed by atoms with E-state index >= 15 is 0 Å². The van der Waals surface area contributed by atoms with E-state index in [-0.39, 0.29) is 11.3 Å². The van der Waals surface area contributed by atoms with Crippen molar-refractivity contribution in [2.45, 2.75) is 53.1 Å². The molecule has 1 aliphatic rings. The molecule has 2 heterocycles. The number of carbonyl (C=O) groups is 1. The molecule has 156 valence electrons. The molecule has 1 unspecified atom stereocenters. The third-order valence-corrected chi connectivity index (χ3v) is 5.25. The van der Waals surface area contributed by atoms with Gasteiger partial charge in [-0.05, 0) is 43.9 Å². The Hall–Kier alpha value is -2.63. The van der Waals surface area contributed by atoms with Gasteiger partial charge in [-0.3, -0.25) is 4.79 Å². The van der Waals surface area contributed by atoms with Crippen molar-refractivity contribution in [3.63, 3.8) is 0 Å². The minimum Gasteiger partial charge on any atom is -0.481 e. The lowest BCUT2D eigenvalue weighted by Crippen LogP contribution is -2.52. The summed E-state index contributed by atoms with van der Waals surface area (Å²) in [6, 6.07) is 10.0. The molecule has 2 aromatic rings. The van der Waals surface area contributed by atoms with E-state index in [0.29, 0.717) is 13.1 Å². The van der Waals surface area contributed by atoms with Gasteiger partial charge in [0, 0.05) is 37.9 Å². The van der Waals surface area contributed by atoms with Gasteiger partial charge in [0.2, 0.25) is 0 Å². The average Bonchev–Trinajstić information content (AvgIpc) is 2.66. The first-order valence-electron chi connectivity index (χ1n) is 10.3. The van der Waals surface area contributed by atoms with Crippen LogP contribution in [-0.2, 0) is 10.2 Å². The van der Waals surface area contributed by atoms with Crippen LogP contribution in [0.25, 0.3) is 0 Å². The second-order valence-electron chi connectivity index (χ2n) is 8.76. The molecule has 1 aliphatic heterocycles. The van der Waals surface area contributed by atoms with Crippen molar-refractivity contribution in [1.29, 1.82) is 0 Å². The summed E-state index contributed by atoms with van der Waals surface area (Å²) in [5.41, 5.74) is 2.31. The number of aromatic nitrogens is 2. The number of anilines is 1. The minimum atomic E-state index is -0.509. The SMILES string of the molecule is Cc1cc(N2CCN(C(=O)C(C)Oc3ccc(C(C)(C)C)cc3)CC2)nc(C)n1. The normalized spacial score (nSPS) is 15.9. The second kappa shape index (κ2) is 8.39. The molecule has 0 saturated carbocycles. The van der Waals surface area contributed by atoms with Crippen molar-refractivity contribution >= 4 is 11.7 Å². The van der Waals surface area contributed by atoms with Crippen molar-refractivity contribution < 1.29 is 9.53 Å². The van der Waals surface area contributed by atoms with Crippen LogP contribution < -0.4 is 9.64 Å². The summed E-state index contributed by atoms with van der Waals surface area (Å²) < 4.78 is 5.91. The highest BCUT2D eigenvalue weighted by molar-refractivity contribution is 5.81. The zero-order chi connectivity index (χ0) is 21.2. The molecule has 0 N–H and O–H groups in total. The van der Waals surface area contributed by atoms with Gasteiger partial charge >= 0.3 is 0 Å². The highest BCUT2D eigenvalue weighted by Gasteiger charge is 2.27. The lowest BCUT2D eigenvalue weighted by atomic mass is 9.87. The molecule has 6 heteroatoms.